The van der Waals surface area contributed by atoms with E-state index in [0.29, 0.717) is 17.7 Å². The predicted molar refractivity (Wildman–Crippen MR) is 95.0 cm³/mol. The van der Waals surface area contributed by atoms with Gasteiger partial charge in [0.05, 0.1) is 0 Å². The fourth-order valence-corrected chi connectivity index (χ4v) is 2.87. The Balaban J connectivity index is 1.70. The lowest BCUT2D eigenvalue weighted by atomic mass is 10.2. The first-order valence-electron chi connectivity index (χ1n) is 7.12. The third kappa shape index (κ3) is 5.96. The molecule has 0 bridgehead atoms. The van der Waals surface area contributed by atoms with Crippen molar-refractivity contribution in [1.29, 1.82) is 0 Å². The first-order chi connectivity index (χ1) is 11.0. The fraction of sp³-hybridized carbons (Fsp3) is 0.176. The van der Waals surface area contributed by atoms with Crippen molar-refractivity contribution in [2.75, 3.05) is 11.1 Å². The SMILES string of the molecule is NC(=O)c1ccc(NC(=O)CCCSc2ccc(Cl)cc2)cc1. The number of primary amides is 1. The van der Waals surface area contributed by atoms with Crippen LogP contribution in [0.15, 0.2) is 53.4 Å². The summed E-state index contributed by atoms with van der Waals surface area (Å²) < 4.78 is 0. The second-order valence-corrected chi connectivity index (χ2v) is 6.50. The molecule has 0 spiro atoms. The van der Waals surface area contributed by atoms with Gasteiger partial charge in [0.1, 0.15) is 0 Å². The number of rotatable bonds is 7. The number of halogens is 1. The topological polar surface area (TPSA) is 72.2 Å². The fourth-order valence-electron chi connectivity index (χ4n) is 1.89. The smallest absolute Gasteiger partial charge is 0.248 e. The van der Waals surface area contributed by atoms with Gasteiger partial charge in [-0.1, -0.05) is 11.6 Å². The van der Waals surface area contributed by atoms with Crippen LogP contribution in [-0.4, -0.2) is 17.6 Å². The standard InChI is InChI=1S/C17H17ClN2O2S/c18-13-5-9-15(10-6-13)23-11-1-2-16(21)20-14-7-3-12(4-8-14)17(19)22/h3-10H,1-2,11H2,(H2,19,22)(H,20,21). The number of carbonyl (C=O) groups excluding carboxylic acids is 2. The molecule has 2 aromatic rings. The molecule has 2 aromatic carbocycles. The Morgan fingerprint density at radius 3 is 2.30 bits per heavy atom. The van der Waals surface area contributed by atoms with Crippen LogP contribution < -0.4 is 11.1 Å². The maximum absolute atomic E-state index is 11.9. The summed E-state index contributed by atoms with van der Waals surface area (Å²) in [5.74, 6) is 0.325. The van der Waals surface area contributed by atoms with Crippen LogP contribution in [0.4, 0.5) is 5.69 Å². The van der Waals surface area contributed by atoms with E-state index in [1.165, 1.54) is 0 Å². The van der Waals surface area contributed by atoms with E-state index >= 15 is 0 Å². The molecule has 0 heterocycles. The summed E-state index contributed by atoms with van der Waals surface area (Å²) in [6.07, 6.45) is 1.22. The summed E-state index contributed by atoms with van der Waals surface area (Å²) in [5, 5.41) is 3.52. The molecule has 0 aliphatic carbocycles. The van der Waals surface area contributed by atoms with Crippen molar-refractivity contribution in [2.24, 2.45) is 5.73 Å². The molecule has 120 valence electrons. The van der Waals surface area contributed by atoms with Crippen molar-refractivity contribution in [3.8, 4) is 0 Å². The van der Waals surface area contributed by atoms with Crippen molar-refractivity contribution in [2.45, 2.75) is 17.7 Å². The lowest BCUT2D eigenvalue weighted by molar-refractivity contribution is -0.116. The van der Waals surface area contributed by atoms with Gasteiger partial charge >= 0.3 is 0 Å². The van der Waals surface area contributed by atoms with Gasteiger partial charge in [-0.3, -0.25) is 9.59 Å². The van der Waals surface area contributed by atoms with Crippen molar-refractivity contribution in [1.82, 2.24) is 0 Å². The average molecular weight is 349 g/mol. The molecule has 2 amide bonds. The zero-order valence-electron chi connectivity index (χ0n) is 12.4. The molecular formula is C17H17ClN2O2S. The summed E-state index contributed by atoms with van der Waals surface area (Å²) in [6, 6.07) is 14.2. The number of amides is 2. The zero-order chi connectivity index (χ0) is 16.7. The molecule has 0 aliphatic heterocycles. The Morgan fingerprint density at radius 1 is 1.04 bits per heavy atom. The van der Waals surface area contributed by atoms with E-state index in [2.05, 4.69) is 5.32 Å². The Labute approximate surface area is 144 Å². The van der Waals surface area contributed by atoms with Crippen molar-refractivity contribution in [3.63, 3.8) is 0 Å². The van der Waals surface area contributed by atoms with E-state index in [9.17, 15) is 9.59 Å². The Bertz CT molecular complexity index is 672. The van der Waals surface area contributed by atoms with Gasteiger partial charge in [-0.25, -0.2) is 0 Å². The highest BCUT2D eigenvalue weighted by Crippen LogP contribution is 2.21. The second kappa shape index (κ2) is 8.60. The largest absolute Gasteiger partial charge is 0.366 e. The minimum atomic E-state index is -0.484. The highest BCUT2D eigenvalue weighted by atomic mass is 35.5. The molecule has 0 saturated heterocycles. The van der Waals surface area contributed by atoms with Gasteiger partial charge in [-0.05, 0) is 60.7 Å². The van der Waals surface area contributed by atoms with Crippen molar-refractivity contribution >= 4 is 40.9 Å². The maximum Gasteiger partial charge on any atom is 0.248 e. The maximum atomic E-state index is 11.9. The molecule has 23 heavy (non-hydrogen) atoms. The van der Waals surface area contributed by atoms with Crippen LogP contribution in [0.1, 0.15) is 23.2 Å². The van der Waals surface area contributed by atoms with Gasteiger partial charge in [-0.15, -0.1) is 11.8 Å². The van der Waals surface area contributed by atoms with Crippen LogP contribution in [0.3, 0.4) is 0 Å². The number of benzene rings is 2. The first kappa shape index (κ1) is 17.4. The monoisotopic (exact) mass is 348 g/mol. The normalized spacial score (nSPS) is 10.3. The number of anilines is 1. The number of nitrogens with two attached hydrogens (primary N) is 1. The van der Waals surface area contributed by atoms with Crippen molar-refractivity contribution in [3.05, 3.63) is 59.1 Å². The summed E-state index contributed by atoms with van der Waals surface area (Å²) >= 11 is 7.52. The van der Waals surface area contributed by atoms with Crippen LogP contribution in [0.5, 0.6) is 0 Å². The number of hydrogen-bond donors (Lipinski definition) is 2. The molecule has 4 nitrogen and oxygen atoms in total. The van der Waals surface area contributed by atoms with Crippen molar-refractivity contribution < 1.29 is 9.59 Å². The molecule has 0 atom stereocenters. The van der Waals surface area contributed by atoms with Crippen LogP contribution in [0.25, 0.3) is 0 Å². The zero-order valence-corrected chi connectivity index (χ0v) is 14.0. The minimum Gasteiger partial charge on any atom is -0.366 e. The van der Waals surface area contributed by atoms with Gasteiger partial charge in [0.25, 0.3) is 0 Å². The number of nitrogens with one attached hydrogen (secondary N) is 1. The van der Waals surface area contributed by atoms with Crippen LogP contribution >= 0.6 is 23.4 Å². The molecule has 3 N–H and O–H groups in total. The molecule has 0 radical (unpaired) electrons. The molecular weight excluding hydrogens is 332 g/mol. The predicted octanol–water partition coefficient (Wildman–Crippen LogP) is 3.95. The molecule has 0 unspecified atom stereocenters. The highest BCUT2D eigenvalue weighted by molar-refractivity contribution is 7.99. The number of thioether (sulfide) groups is 1. The summed E-state index contributed by atoms with van der Waals surface area (Å²) in [6.45, 7) is 0. The molecule has 0 fully saturated rings. The number of carbonyl (C=O) groups is 2. The third-order valence-corrected chi connectivity index (χ3v) is 4.43. The third-order valence-electron chi connectivity index (χ3n) is 3.08. The minimum absolute atomic E-state index is 0.0477. The van der Waals surface area contributed by atoms with Gasteiger partial charge in [-0.2, -0.15) is 0 Å². The second-order valence-electron chi connectivity index (χ2n) is 4.90. The highest BCUT2D eigenvalue weighted by Gasteiger charge is 2.04. The van der Waals surface area contributed by atoms with Gasteiger partial charge in [0.15, 0.2) is 0 Å². The van der Waals surface area contributed by atoms with Crippen LogP contribution in [0, 0.1) is 0 Å². The lowest BCUT2D eigenvalue weighted by Crippen LogP contribution is -2.13. The molecule has 0 aliphatic rings. The van der Waals surface area contributed by atoms with E-state index in [4.69, 9.17) is 17.3 Å². The Kier molecular flexibility index (Phi) is 6.50. The summed E-state index contributed by atoms with van der Waals surface area (Å²) in [5.41, 5.74) is 6.24. The molecule has 0 aromatic heterocycles. The summed E-state index contributed by atoms with van der Waals surface area (Å²) in [4.78, 5) is 24.0. The van der Waals surface area contributed by atoms with Gasteiger partial charge in [0, 0.05) is 27.6 Å². The quantitative estimate of drug-likeness (QED) is 0.587. The lowest BCUT2D eigenvalue weighted by Gasteiger charge is -2.06. The molecule has 0 saturated carbocycles. The van der Waals surface area contributed by atoms with Gasteiger partial charge < -0.3 is 11.1 Å². The van der Waals surface area contributed by atoms with E-state index in [1.54, 1.807) is 36.0 Å². The molecule has 6 heteroatoms. The summed E-state index contributed by atoms with van der Waals surface area (Å²) in [7, 11) is 0. The van der Waals surface area contributed by atoms with Gasteiger partial charge in [0.2, 0.25) is 11.8 Å². The van der Waals surface area contributed by atoms with E-state index in [0.717, 1.165) is 22.1 Å². The Morgan fingerprint density at radius 2 is 1.70 bits per heavy atom. The first-order valence-corrected chi connectivity index (χ1v) is 8.49. The van der Waals surface area contributed by atoms with E-state index < -0.39 is 5.91 Å². The van der Waals surface area contributed by atoms with E-state index in [-0.39, 0.29) is 5.91 Å². The van der Waals surface area contributed by atoms with Crippen LogP contribution in [-0.2, 0) is 4.79 Å². The van der Waals surface area contributed by atoms with Crippen LogP contribution in [0.2, 0.25) is 5.02 Å². The average Bonchev–Trinajstić information content (AvgIpc) is 2.54. The van der Waals surface area contributed by atoms with E-state index in [1.807, 2.05) is 24.3 Å². The molecule has 2 rings (SSSR count). The Hall–Kier alpha value is -1.98. The number of hydrogen-bond acceptors (Lipinski definition) is 3.